The molecule has 0 aromatic heterocycles. The average Bonchev–Trinajstić information content (AvgIpc) is 2.76. The summed E-state index contributed by atoms with van der Waals surface area (Å²) in [5.74, 6) is -0.576. The largest absolute Gasteiger partial charge is 0.507 e. The predicted molar refractivity (Wildman–Crippen MR) is 73.1 cm³/mol. The van der Waals surface area contributed by atoms with E-state index < -0.39 is 11.4 Å². The third-order valence-electron chi connectivity index (χ3n) is 4.03. The fourth-order valence-electron chi connectivity index (χ4n) is 3.06. The second-order valence-electron chi connectivity index (χ2n) is 5.12. The molecule has 1 aromatic carbocycles. The van der Waals surface area contributed by atoms with Crippen molar-refractivity contribution >= 4 is 21.9 Å². The Labute approximate surface area is 115 Å². The van der Waals surface area contributed by atoms with Crippen molar-refractivity contribution in [2.75, 3.05) is 0 Å². The van der Waals surface area contributed by atoms with Crippen LogP contribution in [0.5, 0.6) is 5.75 Å². The number of carbonyl (C=O) groups is 1. The minimum atomic E-state index is -0.839. The van der Waals surface area contributed by atoms with Crippen LogP contribution in [0.15, 0.2) is 10.5 Å². The fourth-order valence-corrected chi connectivity index (χ4v) is 4.08. The molecule has 0 radical (unpaired) electrons. The molecule has 2 N–H and O–H groups in total. The zero-order valence-electron chi connectivity index (χ0n) is 10.6. The molecule has 18 heavy (non-hydrogen) atoms. The number of aliphatic carboxylic acids is 1. The van der Waals surface area contributed by atoms with Gasteiger partial charge < -0.3 is 10.2 Å². The van der Waals surface area contributed by atoms with Gasteiger partial charge in [0.2, 0.25) is 0 Å². The van der Waals surface area contributed by atoms with E-state index in [1.165, 1.54) is 0 Å². The highest BCUT2D eigenvalue weighted by molar-refractivity contribution is 9.10. The van der Waals surface area contributed by atoms with Crippen LogP contribution in [0.25, 0.3) is 0 Å². The van der Waals surface area contributed by atoms with E-state index in [2.05, 4.69) is 15.9 Å². The van der Waals surface area contributed by atoms with Crippen LogP contribution in [0.4, 0.5) is 0 Å². The number of aromatic hydroxyl groups is 1. The van der Waals surface area contributed by atoms with Gasteiger partial charge in [0.05, 0.1) is 5.41 Å². The van der Waals surface area contributed by atoms with E-state index in [9.17, 15) is 15.0 Å². The van der Waals surface area contributed by atoms with Crippen molar-refractivity contribution in [3.05, 3.63) is 27.2 Å². The van der Waals surface area contributed by atoms with Gasteiger partial charge in [-0.15, -0.1) is 0 Å². The summed E-state index contributed by atoms with van der Waals surface area (Å²) in [6.07, 6.45) is 3.13. The number of halogens is 1. The third-order valence-corrected chi connectivity index (χ3v) is 4.66. The van der Waals surface area contributed by atoms with Gasteiger partial charge in [0.15, 0.2) is 0 Å². The Morgan fingerprint density at radius 1 is 1.33 bits per heavy atom. The first-order valence-corrected chi connectivity index (χ1v) is 6.92. The van der Waals surface area contributed by atoms with E-state index in [1.807, 2.05) is 6.92 Å². The lowest BCUT2D eigenvalue weighted by molar-refractivity contribution is -0.143. The number of carboxylic acids is 1. The maximum Gasteiger partial charge on any atom is 0.314 e. The molecular formula is C14H17BrO3. The Kier molecular flexibility index (Phi) is 3.41. The molecule has 0 unspecified atom stereocenters. The molecule has 1 saturated carbocycles. The standard InChI is InChI=1S/C14H17BrO3/c1-8-7-10(15)11(9(2)12(8)16)14(13(17)18)5-3-4-6-14/h7,16H,3-6H2,1-2H3,(H,17,18). The maximum atomic E-state index is 11.7. The topological polar surface area (TPSA) is 57.5 Å². The van der Waals surface area contributed by atoms with Gasteiger partial charge in [0, 0.05) is 4.47 Å². The monoisotopic (exact) mass is 312 g/mol. The zero-order chi connectivity index (χ0) is 13.5. The molecule has 0 spiro atoms. The van der Waals surface area contributed by atoms with Crippen LogP contribution in [0, 0.1) is 13.8 Å². The van der Waals surface area contributed by atoms with E-state index in [0.29, 0.717) is 18.4 Å². The first-order valence-electron chi connectivity index (χ1n) is 6.12. The first kappa shape index (κ1) is 13.4. The molecule has 0 atom stereocenters. The normalized spacial score (nSPS) is 17.9. The molecule has 2 rings (SSSR count). The number of rotatable bonds is 2. The highest BCUT2D eigenvalue weighted by Gasteiger charge is 2.45. The molecular weight excluding hydrogens is 296 g/mol. The third kappa shape index (κ3) is 1.83. The lowest BCUT2D eigenvalue weighted by Gasteiger charge is -2.28. The summed E-state index contributed by atoms with van der Waals surface area (Å²) in [7, 11) is 0. The highest BCUT2D eigenvalue weighted by atomic mass is 79.9. The Morgan fingerprint density at radius 2 is 1.89 bits per heavy atom. The van der Waals surface area contributed by atoms with E-state index in [0.717, 1.165) is 28.4 Å². The summed E-state index contributed by atoms with van der Waals surface area (Å²) < 4.78 is 0.791. The molecule has 1 aliphatic carbocycles. The van der Waals surface area contributed by atoms with Gasteiger partial charge in [0.25, 0.3) is 0 Å². The van der Waals surface area contributed by atoms with E-state index >= 15 is 0 Å². The number of aryl methyl sites for hydroxylation is 1. The Balaban J connectivity index is 2.70. The van der Waals surface area contributed by atoms with Crippen molar-refractivity contribution in [2.24, 2.45) is 0 Å². The minimum Gasteiger partial charge on any atom is -0.507 e. The molecule has 0 bridgehead atoms. The zero-order valence-corrected chi connectivity index (χ0v) is 12.2. The summed E-state index contributed by atoms with van der Waals surface area (Å²) >= 11 is 3.47. The van der Waals surface area contributed by atoms with E-state index in [-0.39, 0.29) is 5.75 Å². The Bertz CT molecular complexity index is 502. The molecule has 1 aliphatic rings. The maximum absolute atomic E-state index is 11.7. The summed E-state index contributed by atoms with van der Waals surface area (Å²) in [4.78, 5) is 11.7. The Morgan fingerprint density at radius 3 is 2.39 bits per heavy atom. The summed E-state index contributed by atoms with van der Waals surface area (Å²) in [6.45, 7) is 3.62. The van der Waals surface area contributed by atoms with Crippen molar-refractivity contribution in [1.29, 1.82) is 0 Å². The fraction of sp³-hybridized carbons (Fsp3) is 0.500. The van der Waals surface area contributed by atoms with Crippen LogP contribution >= 0.6 is 15.9 Å². The van der Waals surface area contributed by atoms with Crippen molar-refractivity contribution in [3.8, 4) is 5.75 Å². The van der Waals surface area contributed by atoms with Gasteiger partial charge in [-0.3, -0.25) is 4.79 Å². The van der Waals surface area contributed by atoms with Crippen molar-refractivity contribution in [3.63, 3.8) is 0 Å². The number of phenols is 1. The van der Waals surface area contributed by atoms with Gasteiger partial charge in [-0.05, 0) is 49.4 Å². The molecule has 0 heterocycles. The van der Waals surface area contributed by atoms with Crippen molar-refractivity contribution in [1.82, 2.24) is 0 Å². The number of phenolic OH excluding ortho intramolecular Hbond substituents is 1. The molecule has 4 heteroatoms. The van der Waals surface area contributed by atoms with Crippen molar-refractivity contribution < 1.29 is 15.0 Å². The quantitative estimate of drug-likeness (QED) is 0.876. The van der Waals surface area contributed by atoms with Crippen LogP contribution in [0.3, 0.4) is 0 Å². The summed E-state index contributed by atoms with van der Waals surface area (Å²) in [5.41, 5.74) is 1.36. The number of carboxylic acid groups (broad SMARTS) is 1. The van der Waals surface area contributed by atoms with Crippen LogP contribution in [-0.4, -0.2) is 16.2 Å². The van der Waals surface area contributed by atoms with Gasteiger partial charge >= 0.3 is 5.97 Å². The van der Waals surface area contributed by atoms with Crippen LogP contribution in [-0.2, 0) is 10.2 Å². The molecule has 98 valence electrons. The van der Waals surface area contributed by atoms with Crippen molar-refractivity contribution in [2.45, 2.75) is 44.9 Å². The molecule has 0 saturated heterocycles. The number of benzene rings is 1. The van der Waals surface area contributed by atoms with Crippen LogP contribution in [0.2, 0.25) is 0 Å². The number of hydrogen-bond donors (Lipinski definition) is 2. The summed E-state index contributed by atoms with van der Waals surface area (Å²) in [6, 6.07) is 1.81. The average molecular weight is 313 g/mol. The number of hydrogen-bond acceptors (Lipinski definition) is 2. The molecule has 1 fully saturated rings. The van der Waals surface area contributed by atoms with E-state index in [4.69, 9.17) is 0 Å². The highest BCUT2D eigenvalue weighted by Crippen LogP contribution is 2.47. The summed E-state index contributed by atoms with van der Waals surface area (Å²) in [5, 5.41) is 19.7. The lowest BCUT2D eigenvalue weighted by Crippen LogP contribution is -2.34. The minimum absolute atomic E-state index is 0.209. The molecule has 0 aliphatic heterocycles. The molecule has 0 amide bonds. The van der Waals surface area contributed by atoms with Gasteiger partial charge in [0.1, 0.15) is 5.75 Å². The van der Waals surface area contributed by atoms with E-state index in [1.54, 1.807) is 13.0 Å². The van der Waals surface area contributed by atoms with Gasteiger partial charge in [-0.2, -0.15) is 0 Å². The smallest absolute Gasteiger partial charge is 0.314 e. The van der Waals surface area contributed by atoms with Gasteiger partial charge in [-0.25, -0.2) is 0 Å². The second kappa shape index (κ2) is 4.57. The second-order valence-corrected chi connectivity index (χ2v) is 5.97. The molecule has 3 nitrogen and oxygen atoms in total. The van der Waals surface area contributed by atoms with Crippen LogP contribution in [0.1, 0.15) is 42.4 Å². The lowest BCUT2D eigenvalue weighted by atomic mass is 9.76. The Hall–Kier alpha value is -1.03. The SMILES string of the molecule is Cc1cc(Br)c(C2(C(=O)O)CCCC2)c(C)c1O. The first-order chi connectivity index (χ1) is 8.40. The predicted octanol–water partition coefficient (Wildman–Crippen LogP) is 3.67. The molecule has 1 aromatic rings. The van der Waals surface area contributed by atoms with Crippen LogP contribution < -0.4 is 0 Å². The van der Waals surface area contributed by atoms with Gasteiger partial charge in [-0.1, -0.05) is 28.8 Å².